The van der Waals surface area contributed by atoms with Crippen LogP contribution in [0.15, 0.2) is 119 Å². The Hall–Kier alpha value is -3.03. The zero-order chi connectivity index (χ0) is 53.0. The van der Waals surface area contributed by atoms with Gasteiger partial charge in [0.05, 0.1) is 48.4 Å². The van der Waals surface area contributed by atoms with E-state index in [1.165, 1.54) is 0 Å². The Balaban J connectivity index is 0.000000370. The van der Waals surface area contributed by atoms with Crippen LogP contribution in [0, 0.1) is 36.5 Å². The molecule has 0 aromatic heterocycles. The van der Waals surface area contributed by atoms with E-state index in [-0.39, 0.29) is 31.7 Å². The van der Waals surface area contributed by atoms with Gasteiger partial charge < -0.3 is 18.3 Å². The van der Waals surface area contributed by atoms with E-state index in [4.69, 9.17) is 26.7 Å². The summed E-state index contributed by atoms with van der Waals surface area (Å²) < 4.78 is 90.0. The highest BCUT2D eigenvalue weighted by molar-refractivity contribution is 7.87. The fourth-order valence-electron chi connectivity index (χ4n) is 7.16. The Labute approximate surface area is 427 Å². The van der Waals surface area contributed by atoms with Crippen molar-refractivity contribution in [2.75, 3.05) is 26.4 Å². The fraction of sp³-hybridized carbons (Fsp3) is 0.571. The average Bonchev–Trinajstić information content (AvgIpc) is 3.26. The summed E-state index contributed by atoms with van der Waals surface area (Å²) in [6.07, 6.45) is -1.26. The Morgan fingerprint density at radius 3 is 1.01 bits per heavy atom. The fourth-order valence-corrected chi connectivity index (χ4v) is 12.1. The van der Waals surface area contributed by atoms with Gasteiger partial charge in [0.25, 0.3) is 20.2 Å². The van der Waals surface area contributed by atoms with Crippen LogP contribution in [-0.2, 0) is 60.1 Å². The molecule has 0 bridgehead atoms. The maximum Gasteiger partial charge on any atom is 0.297 e. The van der Waals surface area contributed by atoms with Crippen LogP contribution in [0.25, 0.3) is 0 Å². The predicted octanol–water partition coefficient (Wildman–Crippen LogP) is 13.9. The maximum absolute atomic E-state index is 13.3. The van der Waals surface area contributed by atoms with Crippen molar-refractivity contribution in [1.29, 1.82) is 0 Å². The van der Waals surface area contributed by atoms with E-state index in [9.17, 15) is 16.8 Å². The van der Waals surface area contributed by atoms with E-state index in [0.29, 0.717) is 39.6 Å². The minimum atomic E-state index is -3.96. The maximum atomic E-state index is 13.3. The lowest BCUT2D eigenvalue weighted by molar-refractivity contribution is -0.0320. The normalized spacial score (nSPS) is 15.1. The quantitative estimate of drug-likeness (QED) is 0.0495. The highest BCUT2D eigenvalue weighted by Crippen LogP contribution is 2.41. The topological polar surface area (TPSA) is 124 Å². The molecule has 0 aliphatic carbocycles. The number of ether oxygens (including phenoxy) is 2. The monoisotopic (exact) mass is 1040 g/mol. The number of aryl methyl sites for hydroxylation is 2. The molecule has 0 heterocycles. The smallest absolute Gasteiger partial charge is 0.297 e. The molecule has 0 spiro atoms. The third-order valence-electron chi connectivity index (χ3n) is 13.9. The Bertz CT molecular complexity index is 2220. The molecular weight excluding hydrogens is 953 g/mol. The van der Waals surface area contributed by atoms with Crippen LogP contribution in [0.4, 0.5) is 0 Å². The van der Waals surface area contributed by atoms with Crippen molar-refractivity contribution in [3.8, 4) is 0 Å². The van der Waals surface area contributed by atoms with Crippen LogP contribution in [0.3, 0.4) is 0 Å². The molecule has 4 aromatic carbocycles. The standard InChI is InChI=1S/2C28H44O5SSi/c2*1-22-15-17-25(18-16-22)34(29,30)33-26(23(2)19-31-20-24-13-11-10-12-14-24)28(6,7)21-32-35(8,9)27(3,4)5/h2*10-18,23,26H,19-21H2,1-9H3/t2*23-,26?/m00/s1. The summed E-state index contributed by atoms with van der Waals surface area (Å²) in [5.41, 5.74) is 3.00. The first-order chi connectivity index (χ1) is 32.1. The first kappa shape index (κ1) is 61.3. The number of rotatable bonds is 24. The van der Waals surface area contributed by atoms with Gasteiger partial charge in [-0.1, -0.05) is 179 Å². The molecule has 0 amide bonds. The van der Waals surface area contributed by atoms with Crippen molar-refractivity contribution in [3.63, 3.8) is 0 Å². The molecule has 0 aliphatic rings. The van der Waals surface area contributed by atoms with Crippen molar-refractivity contribution in [1.82, 2.24) is 0 Å². The van der Waals surface area contributed by atoms with Gasteiger partial charge >= 0.3 is 0 Å². The minimum Gasteiger partial charge on any atom is -0.416 e. The number of benzene rings is 4. The molecule has 0 fully saturated rings. The zero-order valence-corrected chi connectivity index (χ0v) is 49.5. The van der Waals surface area contributed by atoms with Gasteiger partial charge in [-0.3, -0.25) is 8.37 Å². The largest absolute Gasteiger partial charge is 0.416 e. The summed E-state index contributed by atoms with van der Waals surface area (Å²) in [7, 11) is -12.0. The van der Waals surface area contributed by atoms with Crippen molar-refractivity contribution < 1.29 is 43.5 Å². The lowest BCUT2D eigenvalue weighted by atomic mass is 9.81. The molecule has 4 atom stereocenters. The summed E-state index contributed by atoms with van der Waals surface area (Å²) in [4.78, 5) is 0.318. The molecule has 70 heavy (non-hydrogen) atoms. The Morgan fingerprint density at radius 2 is 0.743 bits per heavy atom. The molecule has 0 saturated carbocycles. The van der Waals surface area contributed by atoms with Gasteiger partial charge in [-0.15, -0.1) is 0 Å². The van der Waals surface area contributed by atoms with Crippen LogP contribution in [0.2, 0.25) is 36.3 Å². The molecule has 0 aliphatic heterocycles. The first-order valence-corrected chi connectivity index (χ1v) is 33.2. The minimum absolute atomic E-state index is 0.0534. The van der Waals surface area contributed by atoms with Crippen LogP contribution < -0.4 is 0 Å². The third-order valence-corrected chi connectivity index (χ3v) is 25.4. The van der Waals surface area contributed by atoms with E-state index < -0.39 is 59.9 Å². The van der Waals surface area contributed by atoms with Gasteiger partial charge in [0.15, 0.2) is 16.6 Å². The highest BCUT2D eigenvalue weighted by Gasteiger charge is 2.45. The van der Waals surface area contributed by atoms with Crippen molar-refractivity contribution in [2.45, 2.75) is 168 Å². The number of hydrogen-bond acceptors (Lipinski definition) is 10. The van der Waals surface area contributed by atoms with E-state index in [0.717, 1.165) is 22.3 Å². The predicted molar refractivity (Wildman–Crippen MR) is 291 cm³/mol. The summed E-state index contributed by atoms with van der Waals surface area (Å²) >= 11 is 0. The zero-order valence-electron chi connectivity index (χ0n) is 45.8. The second-order valence-electron chi connectivity index (χ2n) is 23.6. The summed E-state index contributed by atoms with van der Waals surface area (Å²) in [5, 5.41) is 0.107. The molecule has 392 valence electrons. The SMILES string of the molecule is Cc1ccc(S(=O)(=O)OC([C@@H](C)COCc2ccccc2)C(C)(C)CO[Si](C)(C)C(C)(C)C)cc1.Cc1ccc(S(=O)(=O)OC([C@@H](C)COCc2ccccc2)C(C)(C)CO[Si](C)(C)C(C)(C)C)cc1. The van der Waals surface area contributed by atoms with E-state index in [1.54, 1.807) is 48.5 Å². The van der Waals surface area contributed by atoms with Gasteiger partial charge in [0.1, 0.15) is 0 Å². The lowest BCUT2D eigenvalue weighted by Crippen LogP contribution is -2.48. The summed E-state index contributed by atoms with van der Waals surface area (Å²) in [6, 6.07) is 33.4. The van der Waals surface area contributed by atoms with Crippen molar-refractivity contribution >= 4 is 36.9 Å². The van der Waals surface area contributed by atoms with Crippen LogP contribution >= 0.6 is 0 Å². The van der Waals surface area contributed by atoms with Crippen LogP contribution in [0.1, 0.15) is 105 Å². The van der Waals surface area contributed by atoms with E-state index in [2.05, 4.69) is 67.7 Å². The molecule has 10 nitrogen and oxygen atoms in total. The molecule has 0 N–H and O–H groups in total. The van der Waals surface area contributed by atoms with E-state index >= 15 is 0 Å². The molecular formula is C56H88O10S2Si2. The first-order valence-electron chi connectivity index (χ1n) is 24.6. The summed E-state index contributed by atoms with van der Waals surface area (Å²) in [5.74, 6) is -0.367. The molecule has 0 saturated heterocycles. The second-order valence-corrected chi connectivity index (χ2v) is 36.4. The second kappa shape index (κ2) is 25.3. The molecule has 14 heteroatoms. The number of hydrogen-bond donors (Lipinski definition) is 0. The van der Waals surface area contributed by atoms with Crippen LogP contribution in [-0.4, -0.2) is 72.1 Å². The lowest BCUT2D eigenvalue weighted by Gasteiger charge is -2.42. The Morgan fingerprint density at radius 1 is 0.457 bits per heavy atom. The molecule has 4 aromatic rings. The molecule has 2 unspecified atom stereocenters. The van der Waals surface area contributed by atoms with E-state index in [1.807, 2.05) is 116 Å². The average molecular weight is 1040 g/mol. The van der Waals surface area contributed by atoms with Gasteiger partial charge in [-0.2, -0.15) is 16.8 Å². The van der Waals surface area contributed by atoms with Crippen LogP contribution in [0.5, 0.6) is 0 Å². The van der Waals surface area contributed by atoms with Crippen molar-refractivity contribution in [3.05, 3.63) is 131 Å². The molecule has 0 radical (unpaired) electrons. The van der Waals surface area contributed by atoms with Gasteiger partial charge in [-0.05, 0) is 85.5 Å². The van der Waals surface area contributed by atoms with Crippen molar-refractivity contribution in [2.24, 2.45) is 22.7 Å². The third kappa shape index (κ3) is 18.8. The Kier molecular flexibility index (Phi) is 22.1. The van der Waals surface area contributed by atoms with Gasteiger partial charge in [-0.25, -0.2) is 0 Å². The molecule has 4 rings (SSSR count). The highest BCUT2D eigenvalue weighted by atomic mass is 32.2. The van der Waals surface area contributed by atoms with Gasteiger partial charge in [0.2, 0.25) is 0 Å². The van der Waals surface area contributed by atoms with Gasteiger partial charge in [0, 0.05) is 35.9 Å². The summed E-state index contributed by atoms with van der Waals surface area (Å²) in [6.45, 7) is 40.3.